The van der Waals surface area contributed by atoms with Gasteiger partial charge in [-0.25, -0.2) is 4.79 Å². The normalized spacial score (nSPS) is 17.5. The number of nitrogens with one attached hydrogen (secondary N) is 2. The van der Waals surface area contributed by atoms with Crippen LogP contribution in [0.4, 0.5) is 10.5 Å². The lowest BCUT2D eigenvalue weighted by Crippen LogP contribution is -2.44. The van der Waals surface area contributed by atoms with E-state index in [0.29, 0.717) is 35.6 Å². The Morgan fingerprint density at radius 3 is 2.15 bits per heavy atom. The van der Waals surface area contributed by atoms with Crippen LogP contribution in [0.5, 0.6) is 11.5 Å². The highest BCUT2D eigenvalue weighted by Crippen LogP contribution is 2.33. The standard InChI is InChI=1S/C26H25N3O4/c1-2-17-26(19-9-5-3-6-10-19)24(31)29(25(32)28-26)18-23(30)27-20-13-15-22(16-14-20)33-21-11-7-4-8-12-21/h3-16H,2,17-18H2,1H3,(H,27,30)(H,28,32)/t26-/m1/s1. The molecule has 7 nitrogen and oxygen atoms in total. The van der Waals surface area contributed by atoms with Crippen LogP contribution in [-0.2, 0) is 15.1 Å². The maximum Gasteiger partial charge on any atom is 0.325 e. The van der Waals surface area contributed by atoms with Crippen molar-refractivity contribution in [3.05, 3.63) is 90.5 Å². The molecule has 4 amide bonds. The molecule has 0 aromatic heterocycles. The molecule has 0 aliphatic carbocycles. The second-order valence-corrected chi connectivity index (χ2v) is 7.83. The minimum Gasteiger partial charge on any atom is -0.457 e. The van der Waals surface area contributed by atoms with Crippen molar-refractivity contribution in [2.45, 2.75) is 25.3 Å². The fraction of sp³-hybridized carbons (Fsp3) is 0.192. The third kappa shape index (κ3) is 4.72. The van der Waals surface area contributed by atoms with Gasteiger partial charge in [0.1, 0.15) is 23.6 Å². The molecule has 33 heavy (non-hydrogen) atoms. The first kappa shape index (κ1) is 22.1. The molecule has 3 aromatic carbocycles. The minimum atomic E-state index is -1.15. The number of imide groups is 1. The van der Waals surface area contributed by atoms with Gasteiger partial charge in [0.2, 0.25) is 5.91 Å². The molecule has 1 aliphatic rings. The van der Waals surface area contributed by atoms with E-state index >= 15 is 0 Å². The van der Waals surface area contributed by atoms with Crippen molar-refractivity contribution in [3.63, 3.8) is 0 Å². The van der Waals surface area contributed by atoms with Crippen LogP contribution in [0, 0.1) is 0 Å². The molecule has 1 aliphatic heterocycles. The van der Waals surface area contributed by atoms with Gasteiger partial charge in [0.15, 0.2) is 0 Å². The van der Waals surface area contributed by atoms with Gasteiger partial charge in [0, 0.05) is 5.69 Å². The van der Waals surface area contributed by atoms with Gasteiger partial charge in [-0.1, -0.05) is 61.9 Å². The third-order valence-corrected chi connectivity index (χ3v) is 5.49. The number of hydrogen-bond donors (Lipinski definition) is 2. The number of ether oxygens (including phenoxy) is 1. The second-order valence-electron chi connectivity index (χ2n) is 7.83. The summed E-state index contributed by atoms with van der Waals surface area (Å²) in [7, 11) is 0. The summed E-state index contributed by atoms with van der Waals surface area (Å²) in [6, 6.07) is 24.8. The van der Waals surface area contributed by atoms with Crippen LogP contribution in [0.1, 0.15) is 25.3 Å². The first-order chi connectivity index (χ1) is 16.0. The van der Waals surface area contributed by atoms with Crippen LogP contribution in [0.2, 0.25) is 0 Å². The quantitative estimate of drug-likeness (QED) is 0.496. The zero-order valence-corrected chi connectivity index (χ0v) is 18.3. The molecule has 1 fully saturated rings. The molecular weight excluding hydrogens is 418 g/mol. The lowest BCUT2D eigenvalue weighted by Gasteiger charge is -2.26. The van der Waals surface area contributed by atoms with Crippen molar-refractivity contribution in [2.24, 2.45) is 0 Å². The third-order valence-electron chi connectivity index (χ3n) is 5.49. The Morgan fingerprint density at radius 2 is 1.52 bits per heavy atom. The molecule has 2 N–H and O–H groups in total. The molecule has 3 aromatic rings. The number of rotatable bonds is 8. The Labute approximate surface area is 192 Å². The minimum absolute atomic E-state index is 0.370. The van der Waals surface area contributed by atoms with E-state index in [-0.39, 0.29) is 6.54 Å². The SMILES string of the molecule is CCC[C@]1(c2ccccc2)NC(=O)N(CC(=O)Nc2ccc(Oc3ccccc3)cc2)C1=O. The van der Waals surface area contributed by atoms with Crippen LogP contribution in [0.3, 0.4) is 0 Å². The summed E-state index contributed by atoms with van der Waals surface area (Å²) < 4.78 is 5.74. The zero-order chi connectivity index (χ0) is 23.3. The van der Waals surface area contributed by atoms with Crippen molar-refractivity contribution < 1.29 is 19.1 Å². The van der Waals surface area contributed by atoms with Gasteiger partial charge in [-0.2, -0.15) is 0 Å². The topological polar surface area (TPSA) is 87.7 Å². The van der Waals surface area contributed by atoms with Gasteiger partial charge in [-0.15, -0.1) is 0 Å². The molecule has 4 rings (SSSR count). The molecule has 1 atom stereocenters. The van der Waals surface area contributed by atoms with Gasteiger partial charge >= 0.3 is 6.03 Å². The van der Waals surface area contributed by atoms with Gasteiger partial charge < -0.3 is 15.4 Å². The lowest BCUT2D eigenvalue weighted by atomic mass is 9.85. The summed E-state index contributed by atoms with van der Waals surface area (Å²) in [6.07, 6.45) is 1.14. The number of nitrogens with zero attached hydrogens (tertiary/aromatic N) is 1. The average Bonchev–Trinajstić information content (AvgIpc) is 3.07. The smallest absolute Gasteiger partial charge is 0.325 e. The molecule has 7 heteroatoms. The molecule has 0 radical (unpaired) electrons. The van der Waals surface area contributed by atoms with E-state index in [1.54, 1.807) is 24.3 Å². The summed E-state index contributed by atoms with van der Waals surface area (Å²) in [5.74, 6) is 0.459. The highest BCUT2D eigenvalue weighted by atomic mass is 16.5. The Bertz CT molecular complexity index is 1130. The fourth-order valence-electron chi connectivity index (χ4n) is 3.95. The Kier molecular flexibility index (Phi) is 6.40. The Balaban J connectivity index is 1.42. The maximum absolute atomic E-state index is 13.3. The fourth-order valence-corrected chi connectivity index (χ4v) is 3.95. The second kappa shape index (κ2) is 9.56. The molecule has 0 spiro atoms. The number of anilines is 1. The van der Waals surface area contributed by atoms with E-state index in [0.717, 1.165) is 4.90 Å². The van der Waals surface area contributed by atoms with Gasteiger partial charge in [-0.05, 0) is 48.4 Å². The van der Waals surface area contributed by atoms with Crippen LogP contribution < -0.4 is 15.4 Å². The molecule has 1 heterocycles. The summed E-state index contributed by atoms with van der Waals surface area (Å²) >= 11 is 0. The Morgan fingerprint density at radius 1 is 0.909 bits per heavy atom. The molecule has 1 saturated heterocycles. The summed E-state index contributed by atoms with van der Waals surface area (Å²) in [5, 5.41) is 5.56. The van der Waals surface area contributed by atoms with E-state index in [1.165, 1.54) is 0 Å². The van der Waals surface area contributed by atoms with Crippen LogP contribution in [0.25, 0.3) is 0 Å². The highest BCUT2D eigenvalue weighted by Gasteiger charge is 2.52. The molecule has 168 valence electrons. The molecule has 0 bridgehead atoms. The van der Waals surface area contributed by atoms with Gasteiger partial charge in [0.25, 0.3) is 5.91 Å². The Hall–Kier alpha value is -4.13. The first-order valence-electron chi connectivity index (χ1n) is 10.8. The van der Waals surface area contributed by atoms with Crippen molar-refractivity contribution >= 4 is 23.5 Å². The number of benzene rings is 3. The van der Waals surface area contributed by atoms with E-state index in [9.17, 15) is 14.4 Å². The van der Waals surface area contributed by atoms with Crippen molar-refractivity contribution in [3.8, 4) is 11.5 Å². The number of amides is 4. The number of carbonyl (C=O) groups excluding carboxylic acids is 3. The lowest BCUT2D eigenvalue weighted by molar-refractivity contribution is -0.134. The van der Waals surface area contributed by atoms with Crippen molar-refractivity contribution in [1.82, 2.24) is 10.2 Å². The average molecular weight is 444 g/mol. The van der Waals surface area contributed by atoms with E-state index < -0.39 is 23.4 Å². The van der Waals surface area contributed by atoms with Crippen molar-refractivity contribution in [2.75, 3.05) is 11.9 Å². The van der Waals surface area contributed by atoms with Crippen molar-refractivity contribution in [1.29, 1.82) is 0 Å². The number of carbonyl (C=O) groups is 3. The predicted molar refractivity (Wildman–Crippen MR) is 125 cm³/mol. The monoisotopic (exact) mass is 443 g/mol. The number of hydrogen-bond acceptors (Lipinski definition) is 4. The van der Waals surface area contributed by atoms with Crippen LogP contribution >= 0.6 is 0 Å². The maximum atomic E-state index is 13.3. The molecule has 0 saturated carbocycles. The van der Waals surface area contributed by atoms with E-state index in [1.807, 2.05) is 67.6 Å². The van der Waals surface area contributed by atoms with E-state index in [2.05, 4.69) is 10.6 Å². The van der Waals surface area contributed by atoms with E-state index in [4.69, 9.17) is 4.74 Å². The van der Waals surface area contributed by atoms with Crippen LogP contribution in [0.15, 0.2) is 84.9 Å². The zero-order valence-electron chi connectivity index (χ0n) is 18.3. The first-order valence-corrected chi connectivity index (χ1v) is 10.8. The largest absolute Gasteiger partial charge is 0.457 e. The highest BCUT2D eigenvalue weighted by molar-refractivity contribution is 6.10. The number of urea groups is 1. The number of para-hydroxylation sites is 1. The summed E-state index contributed by atoms with van der Waals surface area (Å²) in [6.45, 7) is 1.58. The van der Waals surface area contributed by atoms with Crippen LogP contribution in [-0.4, -0.2) is 29.3 Å². The van der Waals surface area contributed by atoms with Gasteiger partial charge in [0.05, 0.1) is 0 Å². The summed E-state index contributed by atoms with van der Waals surface area (Å²) in [5.41, 5.74) is 0.0986. The molecular formula is C26H25N3O4. The van der Waals surface area contributed by atoms with Gasteiger partial charge in [-0.3, -0.25) is 14.5 Å². The predicted octanol–water partition coefficient (Wildman–Crippen LogP) is 4.66. The summed E-state index contributed by atoms with van der Waals surface area (Å²) in [4.78, 5) is 39.5. The molecule has 0 unspecified atom stereocenters.